The summed E-state index contributed by atoms with van der Waals surface area (Å²) in [7, 11) is 0. The average Bonchev–Trinajstić information content (AvgIpc) is 2.40. The predicted molar refractivity (Wildman–Crippen MR) is 77.4 cm³/mol. The molecule has 2 aromatic rings. The second-order valence-corrected chi connectivity index (χ2v) is 5.62. The molecule has 0 saturated heterocycles. The van der Waals surface area contributed by atoms with Crippen molar-refractivity contribution < 1.29 is 17.9 Å². The van der Waals surface area contributed by atoms with Crippen LogP contribution in [0.1, 0.15) is 16.0 Å². The third-order valence-electron chi connectivity index (χ3n) is 2.60. The molecule has 0 aliphatic rings. The lowest BCUT2D eigenvalue weighted by molar-refractivity contribution is -0.137. The van der Waals surface area contributed by atoms with Crippen LogP contribution < -0.4 is 4.74 Å². The predicted octanol–water partition coefficient (Wildman–Crippen LogP) is 6.63. The van der Waals surface area contributed by atoms with Gasteiger partial charge in [0, 0.05) is 0 Å². The van der Waals surface area contributed by atoms with E-state index in [1.165, 1.54) is 0 Å². The molecule has 0 aliphatic heterocycles. The average molecular weight is 356 g/mol. The summed E-state index contributed by atoms with van der Waals surface area (Å²) in [5.41, 5.74) is -0.228. The van der Waals surface area contributed by atoms with Gasteiger partial charge in [0.2, 0.25) is 0 Å². The molecule has 112 valence electrons. The van der Waals surface area contributed by atoms with Crippen LogP contribution in [0.4, 0.5) is 13.2 Å². The summed E-state index contributed by atoms with van der Waals surface area (Å²) in [5.74, 6) is 0.489. The fourth-order valence-corrected chi connectivity index (χ4v) is 2.09. The number of rotatable bonds is 3. The highest BCUT2D eigenvalue weighted by atomic mass is 35.5. The van der Waals surface area contributed by atoms with E-state index in [-0.39, 0.29) is 10.8 Å². The molecule has 0 bridgehead atoms. The van der Waals surface area contributed by atoms with E-state index in [0.29, 0.717) is 11.3 Å². The Bertz CT molecular complexity index is 642. The molecule has 1 nitrogen and oxygen atoms in total. The molecular weight excluding hydrogens is 348 g/mol. The monoisotopic (exact) mass is 354 g/mol. The van der Waals surface area contributed by atoms with Crippen LogP contribution in [0.3, 0.4) is 0 Å². The van der Waals surface area contributed by atoms with E-state index in [1.54, 1.807) is 24.3 Å². The minimum absolute atomic E-state index is 0.113. The van der Waals surface area contributed by atoms with E-state index in [2.05, 4.69) is 0 Å². The number of halogens is 6. The maximum atomic E-state index is 12.5. The number of hydrogen-bond acceptors (Lipinski definition) is 1. The fourth-order valence-electron chi connectivity index (χ4n) is 1.60. The van der Waals surface area contributed by atoms with Gasteiger partial charge < -0.3 is 4.74 Å². The molecule has 0 unspecified atom stereocenters. The second kappa shape index (κ2) is 6.34. The highest BCUT2D eigenvalue weighted by molar-refractivity contribution is 6.44. The minimum atomic E-state index is -4.45. The Balaban J connectivity index is 2.26. The normalized spacial score (nSPS) is 11.8. The van der Waals surface area contributed by atoms with E-state index in [9.17, 15) is 13.2 Å². The smallest absolute Gasteiger partial charge is 0.416 e. The summed E-state index contributed by atoms with van der Waals surface area (Å²) in [6.45, 7) is 0. The molecule has 7 heteroatoms. The lowest BCUT2D eigenvalue weighted by Gasteiger charge is -2.12. The maximum Gasteiger partial charge on any atom is 0.416 e. The largest absolute Gasteiger partial charge is 0.456 e. The van der Waals surface area contributed by atoms with Crippen LogP contribution in [-0.4, -0.2) is 0 Å². The fraction of sp³-hybridized carbons (Fsp3) is 0.143. The van der Waals surface area contributed by atoms with Crippen molar-refractivity contribution in [3.8, 4) is 11.5 Å². The Morgan fingerprint density at radius 3 is 2.29 bits per heavy atom. The zero-order chi connectivity index (χ0) is 15.6. The Morgan fingerprint density at radius 2 is 1.71 bits per heavy atom. The number of hydrogen-bond donors (Lipinski definition) is 0. The van der Waals surface area contributed by atoms with Crippen molar-refractivity contribution >= 4 is 34.8 Å². The molecule has 21 heavy (non-hydrogen) atoms. The van der Waals surface area contributed by atoms with Crippen LogP contribution in [0.5, 0.6) is 11.5 Å². The van der Waals surface area contributed by atoms with Crippen LogP contribution in [0, 0.1) is 0 Å². The zero-order valence-corrected chi connectivity index (χ0v) is 12.6. The van der Waals surface area contributed by atoms with E-state index in [0.717, 1.165) is 18.2 Å². The van der Waals surface area contributed by atoms with E-state index >= 15 is 0 Å². The first kappa shape index (κ1) is 16.3. The SMILES string of the molecule is FC(F)(F)c1ccc(Oc2cccc(C(Cl)Cl)c2)c(Cl)c1. The van der Waals surface area contributed by atoms with Gasteiger partial charge in [0.15, 0.2) is 0 Å². The molecule has 0 heterocycles. The number of ether oxygens (including phenoxy) is 1. The first-order valence-corrected chi connectivity index (χ1v) is 6.95. The molecule has 0 aliphatic carbocycles. The van der Waals surface area contributed by atoms with E-state index in [4.69, 9.17) is 39.5 Å². The van der Waals surface area contributed by atoms with Crippen molar-refractivity contribution in [3.05, 3.63) is 58.6 Å². The van der Waals surface area contributed by atoms with Gasteiger partial charge in [0.25, 0.3) is 0 Å². The van der Waals surface area contributed by atoms with Crippen LogP contribution in [0.25, 0.3) is 0 Å². The lowest BCUT2D eigenvalue weighted by atomic mass is 10.2. The van der Waals surface area contributed by atoms with Gasteiger partial charge in [0.05, 0.1) is 10.6 Å². The molecule has 0 amide bonds. The lowest BCUT2D eigenvalue weighted by Crippen LogP contribution is -2.04. The van der Waals surface area contributed by atoms with Crippen LogP contribution in [0.2, 0.25) is 5.02 Å². The van der Waals surface area contributed by atoms with Crippen LogP contribution in [-0.2, 0) is 6.18 Å². The maximum absolute atomic E-state index is 12.5. The van der Waals surface area contributed by atoms with Crippen molar-refractivity contribution in [1.29, 1.82) is 0 Å². The third kappa shape index (κ3) is 4.19. The summed E-state index contributed by atoms with van der Waals surface area (Å²) < 4.78 is 43.1. The van der Waals surface area contributed by atoms with Gasteiger partial charge in [-0.05, 0) is 35.9 Å². The standard InChI is InChI=1S/C14H8Cl3F3O/c15-11-7-9(14(18,19)20)4-5-12(11)21-10-3-1-2-8(6-10)13(16)17/h1-7,13H. The van der Waals surface area contributed by atoms with Crippen molar-refractivity contribution in [1.82, 2.24) is 0 Å². The summed E-state index contributed by atoms with van der Waals surface area (Å²) in [4.78, 5) is -0.725. The Hall–Kier alpha value is -1.10. The molecule has 2 rings (SSSR count). The summed E-state index contributed by atoms with van der Waals surface area (Å²) in [6, 6.07) is 9.44. The Morgan fingerprint density at radius 1 is 1.00 bits per heavy atom. The number of benzene rings is 2. The molecule has 0 spiro atoms. The van der Waals surface area contributed by atoms with Gasteiger partial charge in [-0.2, -0.15) is 13.2 Å². The highest BCUT2D eigenvalue weighted by Gasteiger charge is 2.31. The van der Waals surface area contributed by atoms with Gasteiger partial charge in [0.1, 0.15) is 16.3 Å². The van der Waals surface area contributed by atoms with Crippen molar-refractivity contribution in [2.75, 3.05) is 0 Å². The first-order chi connectivity index (χ1) is 9.77. The van der Waals surface area contributed by atoms with Crippen molar-refractivity contribution in [2.45, 2.75) is 11.0 Å². The number of alkyl halides is 5. The third-order valence-corrected chi connectivity index (χ3v) is 3.40. The van der Waals surface area contributed by atoms with Gasteiger partial charge in [-0.3, -0.25) is 0 Å². The highest BCUT2D eigenvalue weighted by Crippen LogP contribution is 2.37. The Labute approximate surface area is 134 Å². The molecule has 2 aromatic carbocycles. The van der Waals surface area contributed by atoms with Crippen LogP contribution >= 0.6 is 34.8 Å². The van der Waals surface area contributed by atoms with E-state index in [1.807, 2.05) is 0 Å². The van der Waals surface area contributed by atoms with Crippen LogP contribution in [0.15, 0.2) is 42.5 Å². The molecule has 0 aromatic heterocycles. The zero-order valence-electron chi connectivity index (χ0n) is 10.3. The molecular formula is C14H8Cl3F3O. The van der Waals surface area contributed by atoms with E-state index < -0.39 is 16.6 Å². The topological polar surface area (TPSA) is 9.23 Å². The summed E-state index contributed by atoms with van der Waals surface area (Å²) in [5, 5.41) is -0.136. The van der Waals surface area contributed by atoms with Gasteiger partial charge in [-0.15, -0.1) is 23.2 Å². The molecule has 0 N–H and O–H groups in total. The van der Waals surface area contributed by atoms with Crippen molar-refractivity contribution in [3.63, 3.8) is 0 Å². The van der Waals surface area contributed by atoms with Gasteiger partial charge in [-0.25, -0.2) is 0 Å². The molecule has 0 radical (unpaired) electrons. The quantitative estimate of drug-likeness (QED) is 0.562. The Kier molecular flexibility index (Phi) is 4.91. The van der Waals surface area contributed by atoms with Gasteiger partial charge >= 0.3 is 6.18 Å². The minimum Gasteiger partial charge on any atom is -0.456 e. The van der Waals surface area contributed by atoms with Gasteiger partial charge in [-0.1, -0.05) is 23.7 Å². The van der Waals surface area contributed by atoms with Crippen molar-refractivity contribution in [2.24, 2.45) is 0 Å². The second-order valence-electron chi connectivity index (χ2n) is 4.12. The summed E-state index contributed by atoms with van der Waals surface area (Å²) >= 11 is 17.3. The molecule has 0 atom stereocenters. The molecule has 0 fully saturated rings. The summed E-state index contributed by atoms with van der Waals surface area (Å²) in [6.07, 6.45) is -4.45. The molecule has 0 saturated carbocycles. The first-order valence-electron chi connectivity index (χ1n) is 5.70.